The van der Waals surface area contributed by atoms with Gasteiger partial charge >= 0.3 is 5.97 Å². The minimum Gasteiger partial charge on any atom is -0.469 e. The molecule has 74 valence electrons. The average Bonchev–Trinajstić information content (AvgIpc) is 2.00. The highest BCUT2D eigenvalue weighted by molar-refractivity contribution is 5.85. The number of esters is 1. The summed E-state index contributed by atoms with van der Waals surface area (Å²) >= 11 is 0. The van der Waals surface area contributed by atoms with Crippen molar-refractivity contribution < 1.29 is 14.3 Å². The molecule has 0 aliphatic carbocycles. The van der Waals surface area contributed by atoms with Gasteiger partial charge in [0.2, 0.25) is 0 Å². The predicted molar refractivity (Wildman–Crippen MR) is 49.6 cm³/mol. The summed E-state index contributed by atoms with van der Waals surface area (Å²) in [7, 11) is 1.38. The van der Waals surface area contributed by atoms with E-state index in [1.54, 1.807) is 6.92 Å². The quantitative estimate of drug-likeness (QED) is 0.600. The summed E-state index contributed by atoms with van der Waals surface area (Å²) in [5.74, 6) is -0.157. The smallest absolute Gasteiger partial charge is 0.305 e. The van der Waals surface area contributed by atoms with Crippen molar-refractivity contribution in [3.8, 4) is 0 Å². The normalized spacial score (nSPS) is 19.1. The maximum absolute atomic E-state index is 9.96. The first kappa shape index (κ1) is 14.3. The zero-order valence-corrected chi connectivity index (χ0v) is 8.65. The number of hydrogen-bond donors (Lipinski definition) is 0. The molecule has 3 nitrogen and oxygen atoms in total. The van der Waals surface area contributed by atoms with E-state index in [0.29, 0.717) is 12.5 Å². The summed E-state index contributed by atoms with van der Waals surface area (Å²) in [5, 5.41) is 0. The van der Waals surface area contributed by atoms with Gasteiger partial charge in [-0.15, -0.1) is 12.4 Å². The monoisotopic (exact) mass is 196 g/mol. The van der Waals surface area contributed by atoms with Gasteiger partial charge in [-0.25, -0.2) is 0 Å². The Labute approximate surface area is 79.8 Å². The molecule has 0 spiro atoms. The Hall–Kier alpha value is -0.280. The maximum Gasteiger partial charge on any atom is 0.305 e. The number of hydrogen-bond acceptors (Lipinski definition) is 3. The van der Waals surface area contributed by atoms with Crippen LogP contribution in [-0.2, 0) is 14.3 Å². The molecule has 0 radical (unpaired) electrons. The van der Waals surface area contributed by atoms with E-state index in [1.165, 1.54) is 13.5 Å². The molecule has 0 saturated carbocycles. The third-order valence-corrected chi connectivity index (χ3v) is 1.44. The number of rotatable bonds is 1. The van der Waals surface area contributed by atoms with Crippen molar-refractivity contribution in [2.75, 3.05) is 13.7 Å². The first-order chi connectivity index (χ1) is 5.20. The zero-order valence-electron chi connectivity index (χ0n) is 7.83. The minimum absolute atomic E-state index is 0. The van der Waals surface area contributed by atoms with Crippen molar-refractivity contribution in [2.45, 2.75) is 32.8 Å². The average molecular weight is 197 g/mol. The Morgan fingerprint density at radius 2 is 2.08 bits per heavy atom. The summed E-state index contributed by atoms with van der Waals surface area (Å²) in [6.45, 7) is 4.83. The molecule has 0 amide bonds. The number of halogens is 1. The molecule has 1 aliphatic rings. The molecule has 1 saturated heterocycles. The standard InChI is InChI=1S/C4H8O2.C4H8O.ClH/c1-3-4(5)6-2;1-4-2-3-5-4;/h3H2,1-2H3;4H,2-3H2,1H3;1H. The maximum atomic E-state index is 9.96. The van der Waals surface area contributed by atoms with Crippen LogP contribution in [0.15, 0.2) is 0 Å². The Kier molecular flexibility index (Phi) is 10.5. The van der Waals surface area contributed by atoms with E-state index >= 15 is 0 Å². The molecule has 12 heavy (non-hydrogen) atoms. The highest BCUT2D eigenvalue weighted by Crippen LogP contribution is 2.07. The molecule has 0 aromatic rings. The molecule has 1 aliphatic heterocycles. The molecule has 1 rings (SSSR count). The van der Waals surface area contributed by atoms with Crippen LogP contribution in [-0.4, -0.2) is 25.8 Å². The molecule has 1 atom stereocenters. The zero-order chi connectivity index (χ0) is 8.69. The third kappa shape index (κ3) is 7.82. The van der Waals surface area contributed by atoms with Crippen molar-refractivity contribution in [3.63, 3.8) is 0 Å². The Morgan fingerprint density at radius 3 is 2.08 bits per heavy atom. The Balaban J connectivity index is 0. The van der Waals surface area contributed by atoms with Gasteiger partial charge in [0.25, 0.3) is 0 Å². The molecule has 0 bridgehead atoms. The fraction of sp³-hybridized carbons (Fsp3) is 0.875. The summed E-state index contributed by atoms with van der Waals surface area (Å²) in [6, 6.07) is 0. The van der Waals surface area contributed by atoms with Crippen LogP contribution in [0.25, 0.3) is 0 Å². The molecule has 1 unspecified atom stereocenters. The lowest BCUT2D eigenvalue weighted by Crippen LogP contribution is -2.22. The third-order valence-electron chi connectivity index (χ3n) is 1.44. The largest absolute Gasteiger partial charge is 0.469 e. The van der Waals surface area contributed by atoms with Gasteiger partial charge < -0.3 is 9.47 Å². The number of ether oxygens (including phenoxy) is 2. The van der Waals surface area contributed by atoms with Crippen LogP contribution in [0, 0.1) is 0 Å². The molecule has 4 heteroatoms. The van der Waals surface area contributed by atoms with Crippen LogP contribution in [0.2, 0.25) is 0 Å². The van der Waals surface area contributed by atoms with Crippen molar-refractivity contribution in [1.82, 2.24) is 0 Å². The summed E-state index contributed by atoms with van der Waals surface area (Å²) in [6.07, 6.45) is 2.30. The van der Waals surface area contributed by atoms with E-state index in [1.807, 2.05) is 0 Å². The van der Waals surface area contributed by atoms with Crippen molar-refractivity contribution in [2.24, 2.45) is 0 Å². The van der Waals surface area contributed by atoms with Crippen LogP contribution < -0.4 is 0 Å². The van der Waals surface area contributed by atoms with E-state index in [9.17, 15) is 4.79 Å². The van der Waals surface area contributed by atoms with Gasteiger partial charge in [0.05, 0.1) is 13.2 Å². The SMILES string of the molecule is CC1CCO1.CCC(=O)OC.Cl. The minimum atomic E-state index is -0.157. The van der Waals surface area contributed by atoms with Crippen LogP contribution in [0.1, 0.15) is 26.7 Å². The molecule has 0 aromatic heterocycles. The highest BCUT2D eigenvalue weighted by atomic mass is 35.5. The second-order valence-corrected chi connectivity index (χ2v) is 2.40. The van der Waals surface area contributed by atoms with E-state index in [4.69, 9.17) is 4.74 Å². The number of carbonyl (C=O) groups excluding carboxylic acids is 1. The fourth-order valence-electron chi connectivity index (χ4n) is 0.498. The van der Waals surface area contributed by atoms with Gasteiger partial charge in [-0.2, -0.15) is 0 Å². The topological polar surface area (TPSA) is 35.5 Å². The van der Waals surface area contributed by atoms with E-state index in [2.05, 4.69) is 11.7 Å². The number of methoxy groups -OCH3 is 1. The van der Waals surface area contributed by atoms with Gasteiger partial charge in [0, 0.05) is 13.0 Å². The molecule has 1 heterocycles. The lowest BCUT2D eigenvalue weighted by molar-refractivity contribution is -0.140. The molecule has 0 N–H and O–H groups in total. The highest BCUT2D eigenvalue weighted by Gasteiger charge is 2.09. The van der Waals surface area contributed by atoms with Crippen molar-refractivity contribution in [3.05, 3.63) is 0 Å². The molecular weight excluding hydrogens is 180 g/mol. The molecule has 1 fully saturated rings. The lowest BCUT2D eigenvalue weighted by atomic mass is 10.2. The van der Waals surface area contributed by atoms with Gasteiger partial charge in [0.15, 0.2) is 0 Å². The summed E-state index contributed by atoms with van der Waals surface area (Å²) in [4.78, 5) is 9.96. The van der Waals surface area contributed by atoms with Gasteiger partial charge in [0.1, 0.15) is 0 Å². The fourth-order valence-corrected chi connectivity index (χ4v) is 0.498. The summed E-state index contributed by atoms with van der Waals surface area (Å²) in [5.41, 5.74) is 0. The first-order valence-electron chi connectivity index (χ1n) is 3.89. The van der Waals surface area contributed by atoms with E-state index in [-0.39, 0.29) is 18.4 Å². The van der Waals surface area contributed by atoms with Crippen molar-refractivity contribution >= 4 is 18.4 Å². The number of carbonyl (C=O) groups is 1. The lowest BCUT2D eigenvalue weighted by Gasteiger charge is -2.20. The van der Waals surface area contributed by atoms with Crippen LogP contribution in [0.5, 0.6) is 0 Å². The molecule has 0 aromatic carbocycles. The van der Waals surface area contributed by atoms with Gasteiger partial charge in [-0.05, 0) is 13.3 Å². The van der Waals surface area contributed by atoms with Gasteiger partial charge in [-0.3, -0.25) is 4.79 Å². The first-order valence-corrected chi connectivity index (χ1v) is 3.89. The second-order valence-electron chi connectivity index (χ2n) is 2.40. The second kappa shape index (κ2) is 8.81. The van der Waals surface area contributed by atoms with Crippen LogP contribution in [0.3, 0.4) is 0 Å². The van der Waals surface area contributed by atoms with Crippen molar-refractivity contribution in [1.29, 1.82) is 0 Å². The summed E-state index contributed by atoms with van der Waals surface area (Å²) < 4.78 is 9.19. The predicted octanol–water partition coefficient (Wildman–Crippen LogP) is 1.79. The molecular formula is C8H17ClO3. The van der Waals surface area contributed by atoms with Crippen LogP contribution in [0.4, 0.5) is 0 Å². The van der Waals surface area contributed by atoms with Gasteiger partial charge in [-0.1, -0.05) is 6.92 Å². The Bertz CT molecular complexity index is 107. The Morgan fingerprint density at radius 1 is 1.67 bits per heavy atom. The van der Waals surface area contributed by atoms with E-state index < -0.39 is 0 Å². The van der Waals surface area contributed by atoms with E-state index in [0.717, 1.165) is 6.61 Å². The van der Waals surface area contributed by atoms with Crippen LogP contribution >= 0.6 is 12.4 Å².